The molecule has 4 nitrogen and oxygen atoms in total. The molecule has 0 N–H and O–H groups in total. The van der Waals surface area contributed by atoms with Gasteiger partial charge in [0.25, 0.3) is 0 Å². The summed E-state index contributed by atoms with van der Waals surface area (Å²) in [7, 11) is 1.63. The molecule has 0 fully saturated rings. The zero-order valence-corrected chi connectivity index (χ0v) is 12.7. The lowest BCUT2D eigenvalue weighted by atomic mass is 10.1. The van der Waals surface area contributed by atoms with Crippen LogP contribution in [-0.2, 0) is 0 Å². The number of ether oxygens (including phenoxy) is 1. The minimum atomic E-state index is -0.0344. The molecule has 2 aromatic carbocycles. The van der Waals surface area contributed by atoms with Gasteiger partial charge in [0.2, 0.25) is 0 Å². The standard InChI is InChI=1S/C19H16N2O2/c1-23-18-10-3-15(4-11-18)5-12-19(22)16-6-8-17(9-7-16)21-14-2-13-20-21/h2-14H,1H3/b12-5+. The third-order valence-electron chi connectivity index (χ3n) is 3.46. The number of hydrogen-bond donors (Lipinski definition) is 0. The molecule has 0 aliphatic carbocycles. The third kappa shape index (κ3) is 3.55. The van der Waals surface area contributed by atoms with E-state index in [-0.39, 0.29) is 5.78 Å². The van der Waals surface area contributed by atoms with Gasteiger partial charge in [-0.25, -0.2) is 4.68 Å². The second kappa shape index (κ2) is 6.75. The summed E-state index contributed by atoms with van der Waals surface area (Å²) in [5.41, 5.74) is 2.52. The molecule has 0 atom stereocenters. The van der Waals surface area contributed by atoms with Crippen LogP contribution in [0, 0.1) is 0 Å². The summed E-state index contributed by atoms with van der Waals surface area (Å²) >= 11 is 0. The van der Waals surface area contributed by atoms with Gasteiger partial charge in [-0.2, -0.15) is 5.10 Å². The van der Waals surface area contributed by atoms with E-state index in [0.29, 0.717) is 5.56 Å². The predicted molar refractivity (Wildman–Crippen MR) is 89.9 cm³/mol. The zero-order valence-electron chi connectivity index (χ0n) is 12.7. The first-order chi connectivity index (χ1) is 11.3. The van der Waals surface area contributed by atoms with Gasteiger partial charge in [0, 0.05) is 18.0 Å². The molecule has 0 aliphatic rings. The van der Waals surface area contributed by atoms with Crippen molar-refractivity contribution >= 4 is 11.9 Å². The fourth-order valence-corrected chi connectivity index (χ4v) is 2.18. The van der Waals surface area contributed by atoms with E-state index in [4.69, 9.17) is 4.74 Å². The molecule has 0 radical (unpaired) electrons. The van der Waals surface area contributed by atoms with Crippen LogP contribution in [0.2, 0.25) is 0 Å². The number of ketones is 1. The van der Waals surface area contributed by atoms with E-state index in [1.807, 2.05) is 48.7 Å². The largest absolute Gasteiger partial charge is 0.497 e. The molecule has 0 saturated carbocycles. The Morgan fingerprint density at radius 3 is 2.43 bits per heavy atom. The number of benzene rings is 2. The van der Waals surface area contributed by atoms with Gasteiger partial charge in [-0.1, -0.05) is 18.2 Å². The van der Waals surface area contributed by atoms with E-state index in [0.717, 1.165) is 17.0 Å². The van der Waals surface area contributed by atoms with Crippen molar-refractivity contribution in [2.45, 2.75) is 0 Å². The van der Waals surface area contributed by atoms with Gasteiger partial charge in [0.05, 0.1) is 12.8 Å². The van der Waals surface area contributed by atoms with Crippen LogP contribution >= 0.6 is 0 Å². The van der Waals surface area contributed by atoms with Crippen LogP contribution in [0.4, 0.5) is 0 Å². The molecule has 0 unspecified atom stereocenters. The van der Waals surface area contributed by atoms with E-state index in [9.17, 15) is 4.79 Å². The quantitative estimate of drug-likeness (QED) is 0.532. The number of nitrogens with zero attached hydrogens (tertiary/aromatic N) is 2. The van der Waals surface area contributed by atoms with Gasteiger partial charge in [0.15, 0.2) is 5.78 Å². The minimum absolute atomic E-state index is 0.0344. The van der Waals surface area contributed by atoms with Crippen molar-refractivity contribution < 1.29 is 9.53 Å². The Kier molecular flexibility index (Phi) is 4.34. The fourth-order valence-electron chi connectivity index (χ4n) is 2.18. The van der Waals surface area contributed by atoms with Gasteiger partial charge in [-0.05, 0) is 54.1 Å². The van der Waals surface area contributed by atoms with Crippen LogP contribution in [0.25, 0.3) is 11.8 Å². The van der Waals surface area contributed by atoms with Crippen LogP contribution in [0.15, 0.2) is 73.1 Å². The lowest BCUT2D eigenvalue weighted by Gasteiger charge is -2.02. The minimum Gasteiger partial charge on any atom is -0.497 e. The predicted octanol–water partition coefficient (Wildman–Crippen LogP) is 3.78. The number of allylic oxidation sites excluding steroid dienone is 1. The summed E-state index contributed by atoms with van der Waals surface area (Å²) in [6.45, 7) is 0. The Morgan fingerprint density at radius 1 is 1.09 bits per heavy atom. The first kappa shape index (κ1) is 14.8. The van der Waals surface area contributed by atoms with Gasteiger partial charge in [0.1, 0.15) is 5.75 Å². The number of hydrogen-bond acceptors (Lipinski definition) is 3. The van der Waals surface area contributed by atoms with Crippen molar-refractivity contribution in [3.05, 3.63) is 84.2 Å². The number of carbonyl (C=O) groups excluding carboxylic acids is 1. The van der Waals surface area contributed by atoms with Gasteiger partial charge >= 0.3 is 0 Å². The summed E-state index contributed by atoms with van der Waals surface area (Å²) in [6.07, 6.45) is 6.95. The first-order valence-electron chi connectivity index (χ1n) is 7.23. The summed E-state index contributed by atoms with van der Waals surface area (Å²) in [4.78, 5) is 12.2. The molecule has 3 aromatic rings. The molecule has 0 bridgehead atoms. The monoisotopic (exact) mass is 304 g/mol. The number of rotatable bonds is 5. The Morgan fingerprint density at radius 2 is 1.83 bits per heavy atom. The van der Waals surface area contributed by atoms with E-state index in [1.165, 1.54) is 0 Å². The van der Waals surface area contributed by atoms with Crippen LogP contribution < -0.4 is 4.74 Å². The molecule has 1 aromatic heterocycles. The highest BCUT2D eigenvalue weighted by atomic mass is 16.5. The number of aromatic nitrogens is 2. The molecule has 0 saturated heterocycles. The van der Waals surface area contributed by atoms with Crippen molar-refractivity contribution in [3.8, 4) is 11.4 Å². The lowest BCUT2D eigenvalue weighted by molar-refractivity contribution is 0.104. The van der Waals surface area contributed by atoms with E-state index in [1.54, 1.807) is 42.3 Å². The van der Waals surface area contributed by atoms with E-state index in [2.05, 4.69) is 5.10 Å². The summed E-state index contributed by atoms with van der Waals surface area (Å²) < 4.78 is 6.86. The van der Waals surface area contributed by atoms with Crippen LogP contribution in [-0.4, -0.2) is 22.7 Å². The smallest absolute Gasteiger partial charge is 0.185 e. The SMILES string of the molecule is COc1ccc(/C=C/C(=O)c2ccc(-n3cccn3)cc2)cc1. The van der Waals surface area contributed by atoms with Crippen molar-refractivity contribution in [3.63, 3.8) is 0 Å². The Balaban J connectivity index is 1.71. The fraction of sp³-hybridized carbons (Fsp3) is 0.0526. The van der Waals surface area contributed by atoms with E-state index >= 15 is 0 Å². The normalized spacial score (nSPS) is 10.8. The topological polar surface area (TPSA) is 44.1 Å². The van der Waals surface area contributed by atoms with Crippen molar-refractivity contribution in [2.75, 3.05) is 7.11 Å². The van der Waals surface area contributed by atoms with Gasteiger partial charge < -0.3 is 4.74 Å². The maximum Gasteiger partial charge on any atom is 0.185 e. The Hall–Kier alpha value is -3.14. The molecule has 1 heterocycles. The van der Waals surface area contributed by atoms with Crippen molar-refractivity contribution in [2.24, 2.45) is 0 Å². The third-order valence-corrected chi connectivity index (χ3v) is 3.46. The molecular weight excluding hydrogens is 288 g/mol. The van der Waals surface area contributed by atoms with Gasteiger partial charge in [-0.15, -0.1) is 0 Å². The average molecular weight is 304 g/mol. The molecule has 4 heteroatoms. The summed E-state index contributed by atoms with van der Waals surface area (Å²) in [6, 6.07) is 16.8. The van der Waals surface area contributed by atoms with Crippen molar-refractivity contribution in [1.29, 1.82) is 0 Å². The highest BCUT2D eigenvalue weighted by molar-refractivity contribution is 6.06. The molecule has 0 amide bonds. The molecule has 114 valence electrons. The molecule has 0 spiro atoms. The summed E-state index contributed by atoms with van der Waals surface area (Å²) in [5.74, 6) is 0.760. The average Bonchev–Trinajstić information content (AvgIpc) is 3.15. The zero-order chi connectivity index (χ0) is 16.1. The molecular formula is C19H16N2O2. The Bertz CT molecular complexity index is 802. The lowest BCUT2D eigenvalue weighted by Crippen LogP contribution is -1.97. The highest BCUT2D eigenvalue weighted by Gasteiger charge is 2.03. The second-order valence-corrected chi connectivity index (χ2v) is 4.97. The first-order valence-corrected chi connectivity index (χ1v) is 7.23. The maximum absolute atomic E-state index is 12.2. The Labute approximate surface area is 134 Å². The van der Waals surface area contributed by atoms with Crippen LogP contribution in [0.1, 0.15) is 15.9 Å². The molecule has 23 heavy (non-hydrogen) atoms. The van der Waals surface area contributed by atoms with Gasteiger partial charge in [-0.3, -0.25) is 4.79 Å². The molecule has 3 rings (SSSR count). The highest BCUT2D eigenvalue weighted by Crippen LogP contribution is 2.14. The van der Waals surface area contributed by atoms with Crippen LogP contribution in [0.5, 0.6) is 5.75 Å². The molecule has 0 aliphatic heterocycles. The number of methoxy groups -OCH3 is 1. The van der Waals surface area contributed by atoms with E-state index < -0.39 is 0 Å². The van der Waals surface area contributed by atoms with Crippen molar-refractivity contribution in [1.82, 2.24) is 9.78 Å². The van der Waals surface area contributed by atoms with Crippen LogP contribution in [0.3, 0.4) is 0 Å². The second-order valence-electron chi connectivity index (χ2n) is 4.97. The summed E-state index contributed by atoms with van der Waals surface area (Å²) in [5, 5.41) is 4.16. The number of carbonyl (C=O) groups is 1. The maximum atomic E-state index is 12.2.